The Hall–Kier alpha value is -2.57. The minimum absolute atomic E-state index is 0.0637. The zero-order valence-electron chi connectivity index (χ0n) is 10.7. The molecule has 3 heterocycles. The second-order valence-corrected chi connectivity index (χ2v) is 4.77. The first-order chi connectivity index (χ1) is 9.59. The van der Waals surface area contributed by atoms with E-state index in [9.17, 15) is 14.7 Å². The number of hydrogen-bond acceptors (Lipinski definition) is 4. The van der Waals surface area contributed by atoms with Gasteiger partial charge in [0, 0.05) is 12.7 Å². The molecule has 3 N–H and O–H groups in total. The summed E-state index contributed by atoms with van der Waals surface area (Å²) in [6, 6.07) is 4.76. The first-order valence-electron chi connectivity index (χ1n) is 6.36. The maximum absolute atomic E-state index is 11.5. The third-order valence-corrected chi connectivity index (χ3v) is 3.57. The number of aromatic nitrogens is 2. The van der Waals surface area contributed by atoms with Crippen molar-refractivity contribution < 1.29 is 14.7 Å². The van der Waals surface area contributed by atoms with Crippen molar-refractivity contribution in [3.05, 3.63) is 30.1 Å². The van der Waals surface area contributed by atoms with Gasteiger partial charge in [0.1, 0.15) is 11.7 Å². The molecule has 0 bridgehead atoms. The molecule has 2 aromatic rings. The second-order valence-electron chi connectivity index (χ2n) is 4.77. The average molecular weight is 274 g/mol. The van der Waals surface area contributed by atoms with Crippen LogP contribution in [0.1, 0.15) is 23.3 Å². The van der Waals surface area contributed by atoms with Crippen LogP contribution in [-0.2, 0) is 4.79 Å². The van der Waals surface area contributed by atoms with Crippen molar-refractivity contribution in [3.63, 3.8) is 0 Å². The second kappa shape index (κ2) is 4.52. The summed E-state index contributed by atoms with van der Waals surface area (Å²) in [6.45, 7) is 0.581. The van der Waals surface area contributed by atoms with E-state index in [4.69, 9.17) is 5.73 Å². The van der Waals surface area contributed by atoms with Crippen molar-refractivity contribution in [1.29, 1.82) is 0 Å². The number of aromatic carboxylic acids is 1. The van der Waals surface area contributed by atoms with Crippen LogP contribution in [0.5, 0.6) is 0 Å². The summed E-state index contributed by atoms with van der Waals surface area (Å²) in [4.78, 5) is 29.0. The van der Waals surface area contributed by atoms with Crippen LogP contribution >= 0.6 is 0 Å². The van der Waals surface area contributed by atoms with Gasteiger partial charge in [-0.2, -0.15) is 0 Å². The van der Waals surface area contributed by atoms with Gasteiger partial charge in [0.25, 0.3) is 0 Å². The highest BCUT2D eigenvalue weighted by Crippen LogP contribution is 2.28. The average Bonchev–Trinajstić information content (AvgIpc) is 3.02. The van der Waals surface area contributed by atoms with Gasteiger partial charge in [-0.15, -0.1) is 0 Å². The summed E-state index contributed by atoms with van der Waals surface area (Å²) in [5.74, 6) is -1.21. The Balaban J connectivity index is 2.18. The van der Waals surface area contributed by atoms with E-state index in [0.29, 0.717) is 24.4 Å². The minimum Gasteiger partial charge on any atom is -0.476 e. The molecule has 7 nitrogen and oxygen atoms in total. The molecule has 0 aromatic carbocycles. The summed E-state index contributed by atoms with van der Waals surface area (Å²) in [5, 5.41) is 9.43. The summed E-state index contributed by atoms with van der Waals surface area (Å²) in [6.07, 6.45) is 3.06. The Morgan fingerprint density at radius 3 is 2.90 bits per heavy atom. The van der Waals surface area contributed by atoms with Crippen molar-refractivity contribution in [3.8, 4) is 0 Å². The van der Waals surface area contributed by atoms with Crippen LogP contribution in [0, 0.1) is 0 Å². The number of hydrogen-bond donors (Lipinski definition) is 2. The maximum Gasteiger partial charge on any atom is 0.356 e. The number of anilines is 1. The Kier molecular flexibility index (Phi) is 2.81. The van der Waals surface area contributed by atoms with Crippen LogP contribution in [-0.4, -0.2) is 39.0 Å². The Morgan fingerprint density at radius 2 is 2.20 bits per heavy atom. The number of amides is 1. The monoisotopic (exact) mass is 274 g/mol. The molecule has 3 rings (SSSR count). The highest BCUT2D eigenvalue weighted by Gasteiger charge is 2.34. The van der Waals surface area contributed by atoms with Crippen LogP contribution in [0.15, 0.2) is 24.4 Å². The lowest BCUT2D eigenvalue weighted by atomic mass is 10.2. The molecule has 1 aliphatic rings. The van der Waals surface area contributed by atoms with Crippen LogP contribution in [0.25, 0.3) is 5.65 Å². The predicted octanol–water partition coefficient (Wildman–Crippen LogP) is 0.487. The number of imidazole rings is 1. The number of carbonyl (C=O) groups is 2. The van der Waals surface area contributed by atoms with E-state index < -0.39 is 17.9 Å². The maximum atomic E-state index is 11.5. The van der Waals surface area contributed by atoms with Gasteiger partial charge in [-0.1, -0.05) is 6.07 Å². The van der Waals surface area contributed by atoms with Crippen LogP contribution in [0.3, 0.4) is 0 Å². The van der Waals surface area contributed by atoms with E-state index in [1.165, 1.54) is 4.40 Å². The van der Waals surface area contributed by atoms with Crippen LogP contribution in [0.4, 0.5) is 5.82 Å². The number of nitrogens with two attached hydrogens (primary N) is 1. The molecule has 1 atom stereocenters. The molecule has 1 fully saturated rings. The van der Waals surface area contributed by atoms with Crippen molar-refractivity contribution in [2.45, 2.75) is 18.9 Å². The molecular weight excluding hydrogens is 260 g/mol. The van der Waals surface area contributed by atoms with E-state index in [2.05, 4.69) is 4.98 Å². The molecule has 1 aliphatic heterocycles. The minimum atomic E-state index is -1.08. The van der Waals surface area contributed by atoms with Gasteiger partial charge in [-0.05, 0) is 25.0 Å². The fraction of sp³-hybridized carbons (Fsp3) is 0.308. The number of primary amides is 1. The molecule has 7 heteroatoms. The molecule has 0 saturated carbocycles. The standard InChI is InChI=1S/C13H14N4O3/c14-11(18)8-4-3-7-16(8)12-10(13(19)20)17-6-2-1-5-9(17)15-12/h1-2,5-6,8H,3-4,7H2,(H2,14,18)(H,19,20). The molecule has 0 spiro atoms. The normalized spacial score (nSPS) is 18.6. The molecule has 2 aromatic heterocycles. The number of carbonyl (C=O) groups excluding carboxylic acids is 1. The van der Waals surface area contributed by atoms with Crippen molar-refractivity contribution in [2.75, 3.05) is 11.4 Å². The first-order valence-corrected chi connectivity index (χ1v) is 6.36. The van der Waals surface area contributed by atoms with E-state index >= 15 is 0 Å². The third kappa shape index (κ3) is 1.78. The van der Waals surface area contributed by atoms with Gasteiger partial charge in [0.05, 0.1) is 0 Å². The molecule has 1 amide bonds. The molecule has 0 aliphatic carbocycles. The van der Waals surface area contributed by atoms with Crippen LogP contribution in [0.2, 0.25) is 0 Å². The number of rotatable bonds is 3. The number of carboxylic acid groups (broad SMARTS) is 1. The lowest BCUT2D eigenvalue weighted by Gasteiger charge is -2.22. The Morgan fingerprint density at radius 1 is 1.40 bits per heavy atom. The fourth-order valence-corrected chi connectivity index (χ4v) is 2.70. The molecular formula is C13H14N4O3. The number of fused-ring (bicyclic) bond motifs is 1. The number of carboxylic acids is 1. The quantitative estimate of drug-likeness (QED) is 0.848. The lowest BCUT2D eigenvalue weighted by molar-refractivity contribution is -0.119. The van der Waals surface area contributed by atoms with Crippen molar-refractivity contribution in [1.82, 2.24) is 9.38 Å². The highest BCUT2D eigenvalue weighted by molar-refractivity contribution is 5.95. The van der Waals surface area contributed by atoms with Gasteiger partial charge < -0.3 is 15.7 Å². The zero-order valence-corrected chi connectivity index (χ0v) is 10.7. The number of nitrogens with zero attached hydrogens (tertiary/aromatic N) is 3. The van der Waals surface area contributed by atoms with E-state index in [-0.39, 0.29) is 5.69 Å². The summed E-state index contributed by atoms with van der Waals surface area (Å²) in [7, 11) is 0. The van der Waals surface area contributed by atoms with E-state index in [0.717, 1.165) is 6.42 Å². The Bertz CT molecular complexity index is 694. The first kappa shape index (κ1) is 12.5. The molecule has 104 valence electrons. The van der Waals surface area contributed by atoms with Gasteiger partial charge in [0.2, 0.25) is 5.91 Å². The summed E-state index contributed by atoms with van der Waals surface area (Å²) in [5.41, 5.74) is 5.98. The molecule has 1 saturated heterocycles. The van der Waals surface area contributed by atoms with Crippen molar-refractivity contribution >= 4 is 23.3 Å². The molecule has 20 heavy (non-hydrogen) atoms. The fourth-order valence-electron chi connectivity index (χ4n) is 2.70. The highest BCUT2D eigenvalue weighted by atomic mass is 16.4. The van der Waals surface area contributed by atoms with Gasteiger partial charge in [-0.25, -0.2) is 9.78 Å². The SMILES string of the molecule is NC(=O)C1CCCN1c1nc2ccccn2c1C(=O)O. The smallest absolute Gasteiger partial charge is 0.356 e. The summed E-state index contributed by atoms with van der Waals surface area (Å²) >= 11 is 0. The van der Waals surface area contributed by atoms with Gasteiger partial charge in [-0.3, -0.25) is 9.20 Å². The summed E-state index contributed by atoms with van der Waals surface area (Å²) < 4.78 is 1.51. The zero-order chi connectivity index (χ0) is 14.3. The van der Waals surface area contributed by atoms with Gasteiger partial charge >= 0.3 is 5.97 Å². The van der Waals surface area contributed by atoms with E-state index in [1.807, 2.05) is 0 Å². The predicted molar refractivity (Wildman–Crippen MR) is 71.7 cm³/mol. The largest absolute Gasteiger partial charge is 0.476 e. The Labute approximate surface area is 114 Å². The third-order valence-electron chi connectivity index (χ3n) is 3.57. The van der Waals surface area contributed by atoms with Gasteiger partial charge in [0.15, 0.2) is 11.5 Å². The topological polar surface area (TPSA) is 101 Å². The van der Waals surface area contributed by atoms with Crippen molar-refractivity contribution in [2.24, 2.45) is 5.73 Å². The van der Waals surface area contributed by atoms with Crippen LogP contribution < -0.4 is 10.6 Å². The number of pyridine rings is 1. The molecule has 0 radical (unpaired) electrons. The lowest BCUT2D eigenvalue weighted by Crippen LogP contribution is -2.41. The molecule has 1 unspecified atom stereocenters. The van der Waals surface area contributed by atoms with E-state index in [1.54, 1.807) is 29.3 Å².